The third kappa shape index (κ3) is 16.7. The highest BCUT2D eigenvalue weighted by molar-refractivity contribution is 9.10. The predicted octanol–water partition coefficient (Wildman–Crippen LogP) is 7.37. The molecule has 0 aliphatic heterocycles. The quantitative estimate of drug-likeness (QED) is 0.199. The van der Waals surface area contributed by atoms with E-state index in [2.05, 4.69) is 15.9 Å². The first-order valence-corrected chi connectivity index (χ1v) is 14.3. The van der Waals surface area contributed by atoms with Gasteiger partial charge >= 0.3 is 29.4 Å². The Bertz CT molecular complexity index is 1600. The molecule has 0 spiro atoms. The van der Waals surface area contributed by atoms with Crippen molar-refractivity contribution in [3.63, 3.8) is 0 Å². The number of ether oxygens (including phenoxy) is 2. The van der Waals surface area contributed by atoms with Gasteiger partial charge in [0.15, 0.2) is 17.2 Å². The molecule has 1 N–H and O–H groups in total. The number of rotatable bonds is 5. The van der Waals surface area contributed by atoms with Gasteiger partial charge in [-0.3, -0.25) is 30.3 Å². The summed E-state index contributed by atoms with van der Waals surface area (Å²) < 4.78 is 11.8. The predicted molar refractivity (Wildman–Crippen MR) is 174 cm³/mol. The second kappa shape index (κ2) is 20.6. The molecule has 0 aliphatic carbocycles. The van der Waals surface area contributed by atoms with E-state index >= 15 is 0 Å². The molecule has 260 valence electrons. The second-order valence-corrected chi connectivity index (χ2v) is 12.1. The van der Waals surface area contributed by atoms with Crippen molar-refractivity contribution in [2.45, 2.75) is 73.5 Å². The SMILES string of the molecule is Cc1c(Br)ccc(OC(C)(C)C)c1[N+](=O)[O-].Cc1cccc(O)c1[N+](=O)[O-].Cc1cccc(OC(C)(C)C)c1[N+](=O)[O-].O=C=O.O=C=O. The van der Waals surface area contributed by atoms with Gasteiger partial charge in [-0.1, -0.05) is 40.2 Å². The first-order chi connectivity index (χ1) is 22.0. The summed E-state index contributed by atoms with van der Waals surface area (Å²) in [7, 11) is 0. The lowest BCUT2D eigenvalue weighted by molar-refractivity contribution is -0.386. The van der Waals surface area contributed by atoms with E-state index in [1.54, 1.807) is 63.2 Å². The first kappa shape index (κ1) is 44.6. The summed E-state index contributed by atoms with van der Waals surface area (Å²) in [4.78, 5) is 63.2. The number of para-hydroxylation sites is 2. The molecule has 0 atom stereocenters. The maximum Gasteiger partial charge on any atom is 0.373 e. The molecular weight excluding hydrogens is 702 g/mol. The number of halogens is 1. The molecule has 0 bridgehead atoms. The summed E-state index contributed by atoms with van der Waals surface area (Å²) in [6.45, 7) is 16.1. The molecule has 0 radical (unpaired) electrons. The van der Waals surface area contributed by atoms with E-state index < -0.39 is 26.0 Å². The van der Waals surface area contributed by atoms with E-state index in [1.807, 2.05) is 41.5 Å². The summed E-state index contributed by atoms with van der Waals surface area (Å²) in [6.07, 6.45) is 0.500. The number of phenols is 1. The van der Waals surface area contributed by atoms with Gasteiger partial charge in [-0.2, -0.15) is 19.2 Å². The van der Waals surface area contributed by atoms with E-state index in [9.17, 15) is 30.3 Å². The van der Waals surface area contributed by atoms with Crippen LogP contribution in [0, 0.1) is 51.1 Å². The number of benzene rings is 3. The monoisotopic (exact) mass is 737 g/mol. The van der Waals surface area contributed by atoms with Crippen molar-refractivity contribution in [3.8, 4) is 17.2 Å². The van der Waals surface area contributed by atoms with E-state index in [1.165, 1.54) is 6.07 Å². The Morgan fingerprint density at radius 3 is 1.31 bits per heavy atom. The Morgan fingerprint density at radius 1 is 0.625 bits per heavy atom. The average Bonchev–Trinajstić information content (AvgIpc) is 2.90. The van der Waals surface area contributed by atoms with Crippen LogP contribution in [0.15, 0.2) is 53.0 Å². The zero-order chi connectivity index (χ0) is 38.0. The normalized spacial score (nSPS) is 9.79. The van der Waals surface area contributed by atoms with Crippen molar-refractivity contribution in [2.75, 3.05) is 0 Å². The Kier molecular flexibility index (Phi) is 19.1. The number of hydrogen-bond donors (Lipinski definition) is 1. The Balaban J connectivity index is 0. The maximum atomic E-state index is 11.0. The lowest BCUT2D eigenvalue weighted by Crippen LogP contribution is -2.23. The average molecular weight is 739 g/mol. The van der Waals surface area contributed by atoms with Gasteiger partial charge in [0.25, 0.3) is 0 Å². The van der Waals surface area contributed by atoms with Crippen LogP contribution in [0.2, 0.25) is 0 Å². The van der Waals surface area contributed by atoms with Gasteiger partial charge in [-0.15, -0.1) is 0 Å². The second-order valence-electron chi connectivity index (χ2n) is 11.3. The zero-order valence-electron chi connectivity index (χ0n) is 27.7. The standard InChI is InChI=1S/C11H14BrNO3.C11H15NO3.C7H7NO3.2CO2/c1-7-8(12)5-6-9(10(7)13(14)15)16-11(2,3)4;1-8-6-5-7-9(10(8)12(13)14)15-11(2,3)4;1-5-3-2-4-6(9)7(5)8(10)11;2*2-1-3/h5-6H,1-4H3;5-7H,1-4H3;2-4,9H,1H3;;. The number of phenolic OH excluding ortho intramolecular Hbond substituents is 1. The van der Waals surface area contributed by atoms with Crippen LogP contribution in [0.25, 0.3) is 0 Å². The van der Waals surface area contributed by atoms with Crippen molar-refractivity contribution >= 4 is 45.3 Å². The van der Waals surface area contributed by atoms with Crippen molar-refractivity contribution in [3.05, 3.63) is 100 Å². The molecule has 0 saturated heterocycles. The summed E-state index contributed by atoms with van der Waals surface area (Å²) in [5.41, 5.74) is 0.622. The van der Waals surface area contributed by atoms with E-state index in [0.29, 0.717) is 32.7 Å². The van der Waals surface area contributed by atoms with Crippen LogP contribution in [0.5, 0.6) is 17.2 Å². The number of hydrogen-bond acceptors (Lipinski definition) is 13. The first-order valence-electron chi connectivity index (χ1n) is 13.5. The number of aromatic hydroxyl groups is 1. The number of nitro groups is 3. The summed E-state index contributed by atoms with van der Waals surface area (Å²) in [5, 5.41) is 41.1. The van der Waals surface area contributed by atoms with Gasteiger partial charge in [0.1, 0.15) is 11.2 Å². The molecular formula is C31H36BrN3O13. The highest BCUT2D eigenvalue weighted by atomic mass is 79.9. The Hall–Kier alpha value is -5.50. The molecule has 48 heavy (non-hydrogen) atoms. The highest BCUT2D eigenvalue weighted by Gasteiger charge is 2.25. The van der Waals surface area contributed by atoms with E-state index in [-0.39, 0.29) is 35.1 Å². The lowest BCUT2D eigenvalue weighted by Gasteiger charge is -2.21. The topological polar surface area (TPSA) is 236 Å². The van der Waals surface area contributed by atoms with Crippen LogP contribution >= 0.6 is 15.9 Å². The molecule has 0 aliphatic rings. The molecule has 0 fully saturated rings. The van der Waals surface area contributed by atoms with Crippen molar-refractivity contribution in [2.24, 2.45) is 0 Å². The molecule has 16 nitrogen and oxygen atoms in total. The molecule has 3 rings (SSSR count). The molecule has 0 amide bonds. The van der Waals surface area contributed by atoms with E-state index in [4.69, 9.17) is 33.8 Å². The summed E-state index contributed by atoms with van der Waals surface area (Å²) >= 11 is 3.27. The van der Waals surface area contributed by atoms with Crippen molar-refractivity contribution in [1.82, 2.24) is 0 Å². The van der Waals surface area contributed by atoms with Gasteiger partial charge in [-0.05, 0) is 86.6 Å². The van der Waals surface area contributed by atoms with Crippen molar-refractivity contribution in [1.29, 1.82) is 0 Å². The fourth-order valence-corrected chi connectivity index (χ4v) is 3.77. The fraction of sp³-hybridized carbons (Fsp3) is 0.355. The van der Waals surface area contributed by atoms with Gasteiger partial charge in [0.2, 0.25) is 0 Å². The highest BCUT2D eigenvalue weighted by Crippen LogP contribution is 2.37. The molecule has 0 unspecified atom stereocenters. The minimum Gasteiger partial charge on any atom is -0.502 e. The lowest BCUT2D eigenvalue weighted by atomic mass is 10.1. The minimum absolute atomic E-state index is 0.0179. The number of aryl methyl sites for hydroxylation is 2. The van der Waals surface area contributed by atoms with Gasteiger partial charge in [-0.25, -0.2) is 0 Å². The smallest absolute Gasteiger partial charge is 0.373 e. The van der Waals surface area contributed by atoms with Gasteiger partial charge in [0.05, 0.1) is 14.8 Å². The third-order valence-electron chi connectivity index (χ3n) is 5.13. The Morgan fingerprint density at radius 2 is 0.979 bits per heavy atom. The van der Waals surface area contributed by atoms with Crippen LogP contribution in [0.1, 0.15) is 58.2 Å². The molecule has 17 heteroatoms. The fourth-order valence-electron chi connectivity index (χ4n) is 3.45. The zero-order valence-corrected chi connectivity index (χ0v) is 29.3. The number of nitro benzene ring substituents is 3. The van der Waals surface area contributed by atoms with Crippen LogP contribution in [-0.2, 0) is 19.2 Å². The third-order valence-corrected chi connectivity index (χ3v) is 5.98. The van der Waals surface area contributed by atoms with Crippen LogP contribution in [-0.4, -0.2) is 43.4 Å². The molecule has 3 aromatic carbocycles. The van der Waals surface area contributed by atoms with Gasteiger partial charge < -0.3 is 14.6 Å². The Labute approximate surface area is 284 Å². The van der Waals surface area contributed by atoms with Crippen molar-refractivity contribution < 1.29 is 48.5 Å². The largest absolute Gasteiger partial charge is 0.502 e. The maximum absolute atomic E-state index is 11.0. The minimum atomic E-state index is -0.593. The molecule has 0 heterocycles. The molecule has 0 saturated carbocycles. The van der Waals surface area contributed by atoms with Crippen LogP contribution in [0.4, 0.5) is 17.1 Å². The molecule has 3 aromatic rings. The number of nitrogens with zero attached hydrogens (tertiary/aromatic N) is 3. The van der Waals surface area contributed by atoms with Crippen LogP contribution < -0.4 is 9.47 Å². The number of carbonyl (C=O) groups excluding carboxylic acids is 4. The van der Waals surface area contributed by atoms with Gasteiger partial charge in [0, 0.05) is 21.2 Å². The van der Waals surface area contributed by atoms with Crippen LogP contribution in [0.3, 0.4) is 0 Å². The molecule has 0 aromatic heterocycles. The summed E-state index contributed by atoms with van der Waals surface area (Å²) in [6, 6.07) is 12.9. The van der Waals surface area contributed by atoms with E-state index in [0.717, 1.165) is 0 Å². The summed E-state index contributed by atoms with van der Waals surface area (Å²) in [5.74, 6) is 0.348.